The monoisotopic (exact) mass is 285 g/mol. The zero-order valence-electron chi connectivity index (χ0n) is 12.0. The molecule has 0 fully saturated rings. The third kappa shape index (κ3) is 4.24. The first-order chi connectivity index (χ1) is 10.2. The van der Waals surface area contributed by atoms with Crippen LogP contribution in [0.25, 0.3) is 0 Å². The number of nitrogens with one attached hydrogen (secondary N) is 1. The highest BCUT2D eigenvalue weighted by Crippen LogP contribution is 2.27. The van der Waals surface area contributed by atoms with E-state index in [1.807, 2.05) is 30.3 Å². The number of ether oxygens (including phenoxy) is 1. The van der Waals surface area contributed by atoms with Crippen LogP contribution in [0, 0.1) is 0 Å². The number of unbranched alkanes of at least 4 members (excludes halogenated alkanes) is 1. The molecule has 0 aromatic heterocycles. The molecule has 0 heterocycles. The van der Waals surface area contributed by atoms with Crippen LogP contribution >= 0.6 is 0 Å². The Morgan fingerprint density at radius 2 is 1.90 bits per heavy atom. The lowest BCUT2D eigenvalue weighted by Gasteiger charge is -2.12. The molecule has 0 unspecified atom stereocenters. The summed E-state index contributed by atoms with van der Waals surface area (Å²) in [6.45, 7) is 2.83. The molecule has 0 atom stereocenters. The number of para-hydroxylation sites is 1. The molecule has 0 aliphatic carbocycles. The molecule has 0 bridgehead atoms. The van der Waals surface area contributed by atoms with Gasteiger partial charge in [0.15, 0.2) is 0 Å². The van der Waals surface area contributed by atoms with E-state index in [0.717, 1.165) is 25.1 Å². The highest BCUT2D eigenvalue weighted by molar-refractivity contribution is 5.94. The third-order valence-corrected chi connectivity index (χ3v) is 3.05. The summed E-state index contributed by atoms with van der Waals surface area (Å²) in [4.78, 5) is 11.2. The summed E-state index contributed by atoms with van der Waals surface area (Å²) in [5.74, 6) is 0.394. The molecule has 21 heavy (non-hydrogen) atoms. The standard InChI is InChI=1S/C17H19NO3/c1-2-3-11-18-16-12-14(9-10-15(16)17(19)20)21-13-7-5-4-6-8-13/h4-10,12,18H,2-3,11H2,1H3,(H,19,20). The zero-order chi connectivity index (χ0) is 15.1. The van der Waals surface area contributed by atoms with Gasteiger partial charge in [-0.2, -0.15) is 0 Å². The van der Waals surface area contributed by atoms with Crippen molar-refractivity contribution in [2.45, 2.75) is 19.8 Å². The Bertz CT molecular complexity index is 596. The average Bonchev–Trinajstić information content (AvgIpc) is 2.48. The van der Waals surface area contributed by atoms with Gasteiger partial charge in [0.25, 0.3) is 0 Å². The lowest BCUT2D eigenvalue weighted by atomic mass is 10.1. The maximum absolute atomic E-state index is 11.2. The predicted molar refractivity (Wildman–Crippen MR) is 83.3 cm³/mol. The number of carboxylic acid groups (broad SMARTS) is 1. The number of anilines is 1. The molecular formula is C17H19NO3. The number of aromatic carboxylic acids is 1. The first-order valence-corrected chi connectivity index (χ1v) is 7.05. The van der Waals surface area contributed by atoms with E-state index in [0.29, 0.717) is 11.4 Å². The van der Waals surface area contributed by atoms with Gasteiger partial charge in [0.05, 0.1) is 11.3 Å². The Kier molecular flexibility index (Phi) is 5.21. The van der Waals surface area contributed by atoms with Crippen molar-refractivity contribution < 1.29 is 14.6 Å². The fourth-order valence-electron chi connectivity index (χ4n) is 1.94. The Morgan fingerprint density at radius 1 is 1.14 bits per heavy atom. The van der Waals surface area contributed by atoms with Crippen LogP contribution in [0.4, 0.5) is 5.69 Å². The van der Waals surface area contributed by atoms with E-state index in [9.17, 15) is 9.90 Å². The van der Waals surface area contributed by atoms with Crippen LogP contribution in [-0.2, 0) is 0 Å². The van der Waals surface area contributed by atoms with Gasteiger partial charge in [0.1, 0.15) is 11.5 Å². The molecule has 2 aromatic carbocycles. The Morgan fingerprint density at radius 3 is 2.57 bits per heavy atom. The van der Waals surface area contributed by atoms with Gasteiger partial charge in [0.2, 0.25) is 0 Å². The normalized spacial score (nSPS) is 10.1. The molecule has 0 radical (unpaired) electrons. The maximum atomic E-state index is 11.2. The number of hydrogen-bond donors (Lipinski definition) is 2. The van der Waals surface area contributed by atoms with Crippen LogP contribution in [-0.4, -0.2) is 17.6 Å². The van der Waals surface area contributed by atoms with E-state index in [1.54, 1.807) is 18.2 Å². The molecule has 4 heteroatoms. The third-order valence-electron chi connectivity index (χ3n) is 3.05. The van der Waals surface area contributed by atoms with Gasteiger partial charge in [-0.3, -0.25) is 0 Å². The first kappa shape index (κ1) is 14.9. The average molecular weight is 285 g/mol. The largest absolute Gasteiger partial charge is 0.478 e. The number of rotatable bonds is 7. The second-order valence-electron chi connectivity index (χ2n) is 4.71. The zero-order valence-corrected chi connectivity index (χ0v) is 12.0. The van der Waals surface area contributed by atoms with E-state index >= 15 is 0 Å². The van der Waals surface area contributed by atoms with Crippen molar-refractivity contribution in [3.63, 3.8) is 0 Å². The van der Waals surface area contributed by atoms with Crippen molar-refractivity contribution in [3.05, 3.63) is 54.1 Å². The van der Waals surface area contributed by atoms with Crippen LogP contribution in [0.2, 0.25) is 0 Å². The van der Waals surface area contributed by atoms with Gasteiger partial charge in [0, 0.05) is 12.6 Å². The molecule has 4 nitrogen and oxygen atoms in total. The summed E-state index contributed by atoms with van der Waals surface area (Å²) in [5, 5.41) is 12.4. The quantitative estimate of drug-likeness (QED) is 0.741. The van der Waals surface area contributed by atoms with Crippen LogP contribution in [0.3, 0.4) is 0 Å². The molecule has 2 N–H and O–H groups in total. The molecule has 0 spiro atoms. The Hall–Kier alpha value is -2.49. The molecule has 0 aliphatic rings. The molecule has 2 rings (SSSR count). The molecule has 2 aromatic rings. The highest BCUT2D eigenvalue weighted by Gasteiger charge is 2.11. The maximum Gasteiger partial charge on any atom is 0.337 e. The molecule has 0 amide bonds. The second kappa shape index (κ2) is 7.33. The number of carbonyl (C=O) groups is 1. The van der Waals surface area contributed by atoms with E-state index in [4.69, 9.17) is 4.74 Å². The summed E-state index contributed by atoms with van der Waals surface area (Å²) >= 11 is 0. The van der Waals surface area contributed by atoms with Gasteiger partial charge in [-0.15, -0.1) is 0 Å². The minimum Gasteiger partial charge on any atom is -0.478 e. The van der Waals surface area contributed by atoms with Crippen molar-refractivity contribution in [3.8, 4) is 11.5 Å². The highest BCUT2D eigenvalue weighted by atomic mass is 16.5. The molecule has 0 saturated heterocycles. The SMILES string of the molecule is CCCCNc1cc(Oc2ccccc2)ccc1C(=O)O. The predicted octanol–water partition coefficient (Wildman–Crippen LogP) is 4.39. The lowest BCUT2D eigenvalue weighted by molar-refractivity contribution is 0.0698. The van der Waals surface area contributed by atoms with Crippen LogP contribution < -0.4 is 10.1 Å². The van der Waals surface area contributed by atoms with E-state index in [1.165, 1.54) is 0 Å². The number of carboxylic acids is 1. The number of benzene rings is 2. The first-order valence-electron chi connectivity index (χ1n) is 7.05. The summed E-state index contributed by atoms with van der Waals surface area (Å²) in [5.41, 5.74) is 0.843. The summed E-state index contributed by atoms with van der Waals surface area (Å²) in [6.07, 6.45) is 2.04. The van der Waals surface area contributed by atoms with Crippen LogP contribution in [0.1, 0.15) is 30.1 Å². The summed E-state index contributed by atoms with van der Waals surface area (Å²) < 4.78 is 5.73. The molecule has 110 valence electrons. The smallest absolute Gasteiger partial charge is 0.337 e. The summed E-state index contributed by atoms with van der Waals surface area (Å²) in [7, 11) is 0. The lowest BCUT2D eigenvalue weighted by Crippen LogP contribution is -2.07. The fourth-order valence-corrected chi connectivity index (χ4v) is 1.94. The van der Waals surface area contributed by atoms with Gasteiger partial charge in [-0.25, -0.2) is 4.79 Å². The molecule has 0 saturated carbocycles. The van der Waals surface area contributed by atoms with E-state index < -0.39 is 5.97 Å². The van der Waals surface area contributed by atoms with E-state index in [-0.39, 0.29) is 5.56 Å². The topological polar surface area (TPSA) is 58.6 Å². The fraction of sp³-hybridized carbons (Fsp3) is 0.235. The number of hydrogen-bond acceptors (Lipinski definition) is 3. The van der Waals surface area contributed by atoms with E-state index in [2.05, 4.69) is 12.2 Å². The summed E-state index contributed by atoms with van der Waals surface area (Å²) in [6, 6.07) is 14.4. The Labute approximate surface area is 124 Å². The molecule has 0 aliphatic heterocycles. The van der Waals surface area contributed by atoms with Crippen LogP contribution in [0.5, 0.6) is 11.5 Å². The van der Waals surface area contributed by atoms with Gasteiger partial charge < -0.3 is 15.2 Å². The van der Waals surface area contributed by atoms with Gasteiger partial charge in [-0.05, 0) is 30.7 Å². The van der Waals surface area contributed by atoms with Crippen molar-refractivity contribution >= 4 is 11.7 Å². The minimum atomic E-state index is -0.944. The Balaban J connectivity index is 2.19. The van der Waals surface area contributed by atoms with Gasteiger partial charge in [-0.1, -0.05) is 31.5 Å². The van der Waals surface area contributed by atoms with Crippen molar-refractivity contribution in [2.75, 3.05) is 11.9 Å². The van der Waals surface area contributed by atoms with Crippen molar-refractivity contribution in [1.29, 1.82) is 0 Å². The van der Waals surface area contributed by atoms with Gasteiger partial charge >= 0.3 is 5.97 Å². The second-order valence-corrected chi connectivity index (χ2v) is 4.71. The van der Waals surface area contributed by atoms with Crippen LogP contribution in [0.15, 0.2) is 48.5 Å². The van der Waals surface area contributed by atoms with Crippen molar-refractivity contribution in [1.82, 2.24) is 0 Å². The molecular weight excluding hydrogens is 266 g/mol. The van der Waals surface area contributed by atoms with Crippen molar-refractivity contribution in [2.24, 2.45) is 0 Å². The minimum absolute atomic E-state index is 0.256.